The molecule has 22 heavy (non-hydrogen) atoms. The van der Waals surface area contributed by atoms with Gasteiger partial charge in [-0.15, -0.1) is 0 Å². The third-order valence-corrected chi connectivity index (χ3v) is 3.74. The predicted octanol–water partition coefficient (Wildman–Crippen LogP) is 3.81. The number of nitrogens with zero attached hydrogens (tertiary/aromatic N) is 3. The standard InChI is InChI=1S/C18H19N3O/c1-4-16-15(14-9-10-18(22-3)19-11-14)12-21(20-16)17-8-6-5-7-13(17)2/h5-12H,4H2,1-3H3. The Morgan fingerprint density at radius 3 is 2.59 bits per heavy atom. The number of hydrogen-bond acceptors (Lipinski definition) is 3. The topological polar surface area (TPSA) is 39.9 Å². The maximum absolute atomic E-state index is 5.12. The average Bonchev–Trinajstić information content (AvgIpc) is 2.99. The highest BCUT2D eigenvalue weighted by Crippen LogP contribution is 2.26. The molecule has 0 saturated carbocycles. The third-order valence-electron chi connectivity index (χ3n) is 3.74. The number of pyridine rings is 1. The Labute approximate surface area is 130 Å². The van der Waals surface area contributed by atoms with Crippen LogP contribution in [0.2, 0.25) is 0 Å². The van der Waals surface area contributed by atoms with E-state index >= 15 is 0 Å². The van der Waals surface area contributed by atoms with Crippen molar-refractivity contribution in [3.63, 3.8) is 0 Å². The van der Waals surface area contributed by atoms with E-state index in [9.17, 15) is 0 Å². The van der Waals surface area contributed by atoms with E-state index in [2.05, 4.69) is 37.2 Å². The number of rotatable bonds is 4. The van der Waals surface area contributed by atoms with Gasteiger partial charge in [0.15, 0.2) is 0 Å². The summed E-state index contributed by atoms with van der Waals surface area (Å²) in [6.45, 7) is 4.21. The van der Waals surface area contributed by atoms with Gasteiger partial charge in [0.05, 0.1) is 18.5 Å². The molecule has 3 rings (SSSR count). The lowest BCUT2D eigenvalue weighted by Crippen LogP contribution is -1.97. The van der Waals surface area contributed by atoms with Crippen molar-refractivity contribution in [1.82, 2.24) is 14.8 Å². The molecule has 0 atom stereocenters. The van der Waals surface area contributed by atoms with Crippen molar-refractivity contribution < 1.29 is 4.74 Å². The van der Waals surface area contributed by atoms with Crippen molar-refractivity contribution in [3.05, 3.63) is 60.0 Å². The highest BCUT2D eigenvalue weighted by molar-refractivity contribution is 5.65. The van der Waals surface area contributed by atoms with Crippen LogP contribution in [0.1, 0.15) is 18.2 Å². The number of benzene rings is 1. The number of hydrogen-bond donors (Lipinski definition) is 0. The molecule has 0 aliphatic heterocycles. The molecule has 0 fully saturated rings. The van der Waals surface area contributed by atoms with Crippen LogP contribution in [0.3, 0.4) is 0 Å². The maximum Gasteiger partial charge on any atom is 0.212 e. The number of aromatic nitrogens is 3. The Hall–Kier alpha value is -2.62. The van der Waals surface area contributed by atoms with Gasteiger partial charge in [0.25, 0.3) is 0 Å². The minimum absolute atomic E-state index is 0.619. The van der Waals surface area contributed by atoms with Crippen LogP contribution in [0, 0.1) is 6.92 Å². The molecule has 0 aliphatic carbocycles. The van der Waals surface area contributed by atoms with Gasteiger partial charge >= 0.3 is 0 Å². The molecule has 3 aromatic rings. The summed E-state index contributed by atoms with van der Waals surface area (Å²) >= 11 is 0. The SMILES string of the molecule is CCc1nn(-c2ccccc2C)cc1-c1ccc(OC)nc1. The van der Waals surface area contributed by atoms with Gasteiger partial charge in [0.2, 0.25) is 5.88 Å². The monoisotopic (exact) mass is 293 g/mol. The second kappa shape index (κ2) is 6.02. The third kappa shape index (κ3) is 2.60. The van der Waals surface area contributed by atoms with E-state index in [1.54, 1.807) is 7.11 Å². The van der Waals surface area contributed by atoms with Gasteiger partial charge < -0.3 is 4.74 Å². The summed E-state index contributed by atoms with van der Waals surface area (Å²) in [4.78, 5) is 4.29. The molecule has 0 amide bonds. The zero-order valence-corrected chi connectivity index (χ0v) is 13.1. The van der Waals surface area contributed by atoms with Crippen LogP contribution in [0.15, 0.2) is 48.8 Å². The van der Waals surface area contributed by atoms with Crippen molar-refractivity contribution in [2.24, 2.45) is 0 Å². The lowest BCUT2D eigenvalue weighted by atomic mass is 10.1. The number of aryl methyl sites for hydroxylation is 2. The van der Waals surface area contributed by atoms with Crippen molar-refractivity contribution in [3.8, 4) is 22.7 Å². The Kier molecular flexibility index (Phi) is 3.92. The number of ether oxygens (including phenoxy) is 1. The van der Waals surface area contributed by atoms with Crippen LogP contribution in [0.25, 0.3) is 16.8 Å². The van der Waals surface area contributed by atoms with Crippen LogP contribution in [-0.4, -0.2) is 21.9 Å². The first-order valence-corrected chi connectivity index (χ1v) is 7.38. The van der Waals surface area contributed by atoms with Gasteiger partial charge in [-0.2, -0.15) is 5.10 Å². The molecule has 1 aromatic carbocycles. The molecule has 4 nitrogen and oxygen atoms in total. The highest BCUT2D eigenvalue weighted by Gasteiger charge is 2.12. The molecular weight excluding hydrogens is 274 g/mol. The molecule has 2 aromatic heterocycles. The van der Waals surface area contributed by atoms with Crippen molar-refractivity contribution in [2.75, 3.05) is 7.11 Å². The van der Waals surface area contributed by atoms with Crippen molar-refractivity contribution >= 4 is 0 Å². The molecule has 0 radical (unpaired) electrons. The van der Waals surface area contributed by atoms with E-state index in [-0.39, 0.29) is 0 Å². The minimum Gasteiger partial charge on any atom is -0.481 e. The molecule has 0 saturated heterocycles. The first-order valence-electron chi connectivity index (χ1n) is 7.38. The Morgan fingerprint density at radius 1 is 1.14 bits per heavy atom. The van der Waals surface area contributed by atoms with Gasteiger partial charge in [-0.05, 0) is 31.0 Å². The van der Waals surface area contributed by atoms with E-state index in [4.69, 9.17) is 9.84 Å². The van der Waals surface area contributed by atoms with Gasteiger partial charge in [-0.25, -0.2) is 9.67 Å². The van der Waals surface area contributed by atoms with Crippen molar-refractivity contribution in [2.45, 2.75) is 20.3 Å². The number of para-hydroxylation sites is 1. The maximum atomic E-state index is 5.12. The summed E-state index contributed by atoms with van der Waals surface area (Å²) in [5.74, 6) is 0.619. The zero-order valence-electron chi connectivity index (χ0n) is 13.1. The molecule has 2 heterocycles. The predicted molar refractivity (Wildman–Crippen MR) is 87.5 cm³/mol. The van der Waals surface area contributed by atoms with Gasteiger partial charge in [0, 0.05) is 29.6 Å². The van der Waals surface area contributed by atoms with Crippen LogP contribution in [0.4, 0.5) is 0 Å². The van der Waals surface area contributed by atoms with Crippen molar-refractivity contribution in [1.29, 1.82) is 0 Å². The van der Waals surface area contributed by atoms with Crippen LogP contribution < -0.4 is 4.74 Å². The van der Waals surface area contributed by atoms with Gasteiger partial charge in [0.1, 0.15) is 0 Å². The second-order valence-electron chi connectivity index (χ2n) is 5.16. The Morgan fingerprint density at radius 2 is 1.95 bits per heavy atom. The zero-order chi connectivity index (χ0) is 15.5. The largest absolute Gasteiger partial charge is 0.481 e. The first-order chi connectivity index (χ1) is 10.7. The van der Waals surface area contributed by atoms with Crippen LogP contribution in [0.5, 0.6) is 5.88 Å². The fourth-order valence-corrected chi connectivity index (χ4v) is 2.52. The summed E-state index contributed by atoms with van der Waals surface area (Å²) in [6.07, 6.45) is 4.78. The Balaban J connectivity index is 2.06. The smallest absolute Gasteiger partial charge is 0.212 e. The fraction of sp³-hybridized carbons (Fsp3) is 0.222. The molecule has 0 N–H and O–H groups in total. The van der Waals surface area contributed by atoms with Crippen LogP contribution in [-0.2, 0) is 6.42 Å². The molecular formula is C18H19N3O. The van der Waals surface area contributed by atoms with E-state index in [0.29, 0.717) is 5.88 Å². The van der Waals surface area contributed by atoms with Crippen LogP contribution >= 0.6 is 0 Å². The molecule has 0 bridgehead atoms. The average molecular weight is 293 g/mol. The molecule has 112 valence electrons. The van der Waals surface area contributed by atoms with Gasteiger partial charge in [-0.3, -0.25) is 0 Å². The summed E-state index contributed by atoms with van der Waals surface area (Å²) in [7, 11) is 1.62. The normalized spacial score (nSPS) is 10.7. The fourth-order valence-electron chi connectivity index (χ4n) is 2.52. The highest BCUT2D eigenvalue weighted by atomic mass is 16.5. The van der Waals surface area contributed by atoms with E-state index in [0.717, 1.165) is 28.9 Å². The lowest BCUT2D eigenvalue weighted by Gasteiger charge is -2.04. The molecule has 0 unspecified atom stereocenters. The summed E-state index contributed by atoms with van der Waals surface area (Å²) in [5.41, 5.74) is 5.53. The quantitative estimate of drug-likeness (QED) is 0.734. The van der Waals surface area contributed by atoms with E-state index in [1.807, 2.05) is 35.1 Å². The summed E-state index contributed by atoms with van der Waals surface area (Å²) < 4.78 is 7.07. The summed E-state index contributed by atoms with van der Waals surface area (Å²) in [5, 5.41) is 4.74. The number of methoxy groups -OCH3 is 1. The van der Waals surface area contributed by atoms with E-state index < -0.39 is 0 Å². The second-order valence-corrected chi connectivity index (χ2v) is 5.16. The molecule has 4 heteroatoms. The first kappa shape index (κ1) is 14.3. The molecule has 0 aliphatic rings. The van der Waals surface area contributed by atoms with Gasteiger partial charge in [-0.1, -0.05) is 25.1 Å². The molecule has 0 spiro atoms. The lowest BCUT2D eigenvalue weighted by molar-refractivity contribution is 0.398. The minimum atomic E-state index is 0.619. The summed E-state index contributed by atoms with van der Waals surface area (Å²) in [6, 6.07) is 12.1. The Bertz CT molecular complexity index is 775. The van der Waals surface area contributed by atoms with E-state index in [1.165, 1.54) is 5.56 Å².